The number of carbonyl (C=O) groups is 1. The highest BCUT2D eigenvalue weighted by Crippen LogP contribution is 2.25. The number of hydrogen-bond acceptors (Lipinski definition) is 2. The van der Waals surface area contributed by atoms with Gasteiger partial charge in [0.25, 0.3) is 0 Å². The van der Waals surface area contributed by atoms with Crippen LogP contribution in [-0.4, -0.2) is 11.9 Å². The molecule has 0 saturated carbocycles. The van der Waals surface area contributed by atoms with Crippen LogP contribution in [0.5, 0.6) is 0 Å². The molecule has 0 fully saturated rings. The minimum absolute atomic E-state index is 0.0430. The summed E-state index contributed by atoms with van der Waals surface area (Å²) in [6, 6.07) is 13.7. The Morgan fingerprint density at radius 3 is 2.73 bits per heavy atom. The largest absolute Gasteiger partial charge is 0.374 e. The highest BCUT2D eigenvalue weighted by molar-refractivity contribution is 9.10. The summed E-state index contributed by atoms with van der Waals surface area (Å²) < 4.78 is 0.949. The molecule has 3 rings (SSSR count). The van der Waals surface area contributed by atoms with Crippen LogP contribution in [0.25, 0.3) is 0 Å². The van der Waals surface area contributed by atoms with Crippen LogP contribution in [0.15, 0.2) is 46.9 Å². The molecule has 0 aromatic heterocycles. The molecular weight excluding hydrogens is 340 g/mol. The third-order valence-electron chi connectivity index (χ3n) is 3.97. The predicted octanol–water partition coefficient (Wildman–Crippen LogP) is 4.38. The molecule has 0 spiro atoms. The topological polar surface area (TPSA) is 41.1 Å². The van der Waals surface area contributed by atoms with E-state index in [4.69, 9.17) is 0 Å². The fourth-order valence-electron chi connectivity index (χ4n) is 2.79. The minimum atomic E-state index is -0.293. The molecule has 2 aromatic rings. The summed E-state index contributed by atoms with van der Waals surface area (Å²) in [7, 11) is 0. The molecule has 2 aromatic carbocycles. The molecule has 22 heavy (non-hydrogen) atoms. The van der Waals surface area contributed by atoms with E-state index in [1.54, 1.807) is 0 Å². The second kappa shape index (κ2) is 6.53. The van der Waals surface area contributed by atoms with E-state index >= 15 is 0 Å². The summed E-state index contributed by atoms with van der Waals surface area (Å²) >= 11 is 3.40. The molecule has 2 N–H and O–H groups in total. The van der Waals surface area contributed by atoms with Gasteiger partial charge in [-0.2, -0.15) is 0 Å². The van der Waals surface area contributed by atoms with Gasteiger partial charge in [0.1, 0.15) is 6.04 Å². The molecule has 1 aliphatic carbocycles. The summed E-state index contributed by atoms with van der Waals surface area (Å²) in [5, 5.41) is 6.21. The van der Waals surface area contributed by atoms with Crippen molar-refractivity contribution >= 4 is 33.2 Å². The van der Waals surface area contributed by atoms with E-state index < -0.39 is 0 Å². The molecule has 0 bridgehead atoms. The number of anilines is 2. The maximum absolute atomic E-state index is 12.3. The van der Waals surface area contributed by atoms with E-state index in [1.165, 1.54) is 24.0 Å². The van der Waals surface area contributed by atoms with Crippen molar-refractivity contribution in [3.63, 3.8) is 0 Å². The van der Waals surface area contributed by atoms with Crippen LogP contribution in [0, 0.1) is 0 Å². The summed E-state index contributed by atoms with van der Waals surface area (Å²) in [6.07, 6.45) is 3.55. The quantitative estimate of drug-likeness (QED) is 0.851. The molecule has 0 aliphatic heterocycles. The molecule has 0 saturated heterocycles. The number of rotatable bonds is 4. The van der Waals surface area contributed by atoms with Crippen LogP contribution < -0.4 is 10.6 Å². The summed E-state index contributed by atoms with van der Waals surface area (Å²) in [5.74, 6) is -0.0430. The first-order valence-corrected chi connectivity index (χ1v) is 8.36. The number of fused-ring (bicyclic) bond motifs is 1. The minimum Gasteiger partial charge on any atom is -0.374 e. The summed E-state index contributed by atoms with van der Waals surface area (Å²) in [6.45, 7) is 1.88. The van der Waals surface area contributed by atoms with Gasteiger partial charge in [0.2, 0.25) is 5.91 Å². The number of hydrogen-bond donors (Lipinski definition) is 2. The van der Waals surface area contributed by atoms with E-state index in [9.17, 15) is 4.79 Å². The SMILES string of the molecule is C[C@H](Nc1ccc2c(c1)CCC2)C(=O)Nc1cccc(Br)c1. The molecule has 1 atom stereocenters. The van der Waals surface area contributed by atoms with Gasteiger partial charge in [-0.25, -0.2) is 0 Å². The Labute approximate surface area is 139 Å². The van der Waals surface area contributed by atoms with Crippen molar-refractivity contribution in [1.29, 1.82) is 0 Å². The van der Waals surface area contributed by atoms with Gasteiger partial charge in [-0.1, -0.05) is 28.1 Å². The van der Waals surface area contributed by atoms with Crippen molar-refractivity contribution in [2.24, 2.45) is 0 Å². The van der Waals surface area contributed by atoms with Gasteiger partial charge in [0, 0.05) is 15.8 Å². The molecule has 0 radical (unpaired) electrons. The third kappa shape index (κ3) is 3.50. The van der Waals surface area contributed by atoms with E-state index in [1.807, 2.05) is 31.2 Å². The van der Waals surface area contributed by atoms with E-state index in [2.05, 4.69) is 44.8 Å². The molecular formula is C18H19BrN2O. The van der Waals surface area contributed by atoms with Gasteiger partial charge in [0.05, 0.1) is 0 Å². The average molecular weight is 359 g/mol. The molecule has 4 heteroatoms. The molecule has 114 valence electrons. The third-order valence-corrected chi connectivity index (χ3v) is 4.46. The Balaban J connectivity index is 1.63. The van der Waals surface area contributed by atoms with Gasteiger partial charge < -0.3 is 10.6 Å². The number of amides is 1. The Morgan fingerprint density at radius 2 is 1.91 bits per heavy atom. The van der Waals surface area contributed by atoms with Gasteiger partial charge in [-0.3, -0.25) is 4.79 Å². The second-order valence-corrected chi connectivity index (χ2v) is 6.62. The number of aryl methyl sites for hydroxylation is 2. The second-order valence-electron chi connectivity index (χ2n) is 5.70. The zero-order chi connectivity index (χ0) is 15.5. The van der Waals surface area contributed by atoms with Crippen molar-refractivity contribution in [2.75, 3.05) is 10.6 Å². The van der Waals surface area contributed by atoms with Crippen LogP contribution in [0.2, 0.25) is 0 Å². The lowest BCUT2D eigenvalue weighted by Crippen LogP contribution is -2.31. The van der Waals surface area contributed by atoms with Crippen LogP contribution in [-0.2, 0) is 17.6 Å². The molecule has 0 unspecified atom stereocenters. The first kappa shape index (κ1) is 15.1. The van der Waals surface area contributed by atoms with Gasteiger partial charge in [-0.05, 0) is 67.6 Å². The Kier molecular flexibility index (Phi) is 4.48. The van der Waals surface area contributed by atoms with Crippen molar-refractivity contribution in [3.8, 4) is 0 Å². The fraction of sp³-hybridized carbons (Fsp3) is 0.278. The predicted molar refractivity (Wildman–Crippen MR) is 94.3 cm³/mol. The Morgan fingerprint density at radius 1 is 1.09 bits per heavy atom. The van der Waals surface area contributed by atoms with Crippen molar-refractivity contribution in [3.05, 3.63) is 58.1 Å². The van der Waals surface area contributed by atoms with E-state index in [0.29, 0.717) is 0 Å². The number of halogens is 1. The fourth-order valence-corrected chi connectivity index (χ4v) is 3.19. The van der Waals surface area contributed by atoms with Crippen LogP contribution in [0.1, 0.15) is 24.5 Å². The zero-order valence-corrected chi connectivity index (χ0v) is 14.1. The van der Waals surface area contributed by atoms with Gasteiger partial charge in [-0.15, -0.1) is 0 Å². The van der Waals surface area contributed by atoms with Gasteiger partial charge in [0.15, 0.2) is 0 Å². The Hall–Kier alpha value is -1.81. The number of carbonyl (C=O) groups excluding carboxylic acids is 1. The van der Waals surface area contributed by atoms with E-state index in [0.717, 1.165) is 22.3 Å². The van der Waals surface area contributed by atoms with Crippen molar-refractivity contribution in [1.82, 2.24) is 0 Å². The molecule has 1 amide bonds. The normalized spacial score (nSPS) is 14.3. The smallest absolute Gasteiger partial charge is 0.246 e. The monoisotopic (exact) mass is 358 g/mol. The summed E-state index contributed by atoms with van der Waals surface area (Å²) in [5.41, 5.74) is 4.65. The first-order valence-electron chi connectivity index (χ1n) is 7.56. The first-order chi connectivity index (χ1) is 10.6. The maximum Gasteiger partial charge on any atom is 0.246 e. The number of nitrogens with one attached hydrogen (secondary N) is 2. The lowest BCUT2D eigenvalue weighted by atomic mass is 10.1. The Bertz CT molecular complexity index is 699. The summed E-state index contributed by atoms with van der Waals surface area (Å²) in [4.78, 5) is 12.3. The van der Waals surface area contributed by atoms with Crippen LogP contribution in [0.4, 0.5) is 11.4 Å². The number of benzene rings is 2. The maximum atomic E-state index is 12.3. The molecule has 3 nitrogen and oxygen atoms in total. The lowest BCUT2D eigenvalue weighted by Gasteiger charge is -2.16. The van der Waals surface area contributed by atoms with Crippen LogP contribution >= 0.6 is 15.9 Å². The highest BCUT2D eigenvalue weighted by Gasteiger charge is 2.15. The average Bonchev–Trinajstić information content (AvgIpc) is 2.94. The van der Waals surface area contributed by atoms with Crippen molar-refractivity contribution in [2.45, 2.75) is 32.2 Å². The molecule has 1 aliphatic rings. The van der Waals surface area contributed by atoms with Crippen molar-refractivity contribution < 1.29 is 4.79 Å². The zero-order valence-electron chi connectivity index (χ0n) is 12.5. The van der Waals surface area contributed by atoms with E-state index in [-0.39, 0.29) is 11.9 Å². The standard InChI is InChI=1S/C18H19BrN2O/c1-12(18(22)21-16-7-3-6-15(19)11-16)20-17-9-8-13-4-2-5-14(13)10-17/h3,6-12,20H,2,4-5H2,1H3,(H,21,22)/t12-/m0/s1. The molecule has 0 heterocycles. The van der Waals surface area contributed by atoms with Crippen LogP contribution in [0.3, 0.4) is 0 Å². The lowest BCUT2D eigenvalue weighted by molar-refractivity contribution is -0.116. The van der Waals surface area contributed by atoms with Gasteiger partial charge >= 0.3 is 0 Å². The highest BCUT2D eigenvalue weighted by atomic mass is 79.9.